The molecule has 26 heavy (non-hydrogen) atoms. The average molecular weight is 338 g/mol. The van der Waals surface area contributed by atoms with Crippen LogP contribution in [0, 0.1) is 0 Å². The number of rotatable bonds is 1. The van der Waals surface area contributed by atoms with Crippen molar-refractivity contribution in [2.45, 2.75) is 6.54 Å². The van der Waals surface area contributed by atoms with E-state index in [9.17, 15) is 0 Å². The Morgan fingerprint density at radius 2 is 1.73 bits per heavy atom. The van der Waals surface area contributed by atoms with Gasteiger partial charge in [-0.25, -0.2) is 23.7 Å². The lowest BCUT2D eigenvalue weighted by atomic mass is 10.2. The molecule has 4 aromatic heterocycles. The summed E-state index contributed by atoms with van der Waals surface area (Å²) in [6.07, 6.45) is 3.73. The second-order valence-corrected chi connectivity index (χ2v) is 6.70. The van der Waals surface area contributed by atoms with E-state index in [1.54, 1.807) is 0 Å². The Morgan fingerprint density at radius 3 is 2.62 bits per heavy atom. The van der Waals surface area contributed by atoms with Crippen molar-refractivity contribution in [3.63, 3.8) is 0 Å². The van der Waals surface area contributed by atoms with Crippen LogP contribution >= 0.6 is 0 Å². The summed E-state index contributed by atoms with van der Waals surface area (Å²) in [5, 5.41) is 1.16. The molecular weight excluding hydrogens is 322 g/mol. The lowest BCUT2D eigenvalue weighted by Gasteiger charge is -2.03. The number of para-hydroxylation sites is 1. The Morgan fingerprint density at radius 1 is 0.923 bits per heavy atom. The largest absolute Gasteiger partial charge is 0.271 e. The summed E-state index contributed by atoms with van der Waals surface area (Å²) >= 11 is 0. The summed E-state index contributed by atoms with van der Waals surface area (Å²) in [6.45, 7) is 0.832. The number of fused-ring (bicyclic) bond motifs is 7. The SMILES string of the molecule is Cn1c2ncccc2c2c1[n+]1c(n2-c2ccccc2)-c2ncccc2C1. The van der Waals surface area contributed by atoms with Gasteiger partial charge in [-0.05, 0) is 30.3 Å². The highest BCUT2D eigenvalue weighted by Gasteiger charge is 2.37. The molecule has 0 unspecified atom stereocenters. The first kappa shape index (κ1) is 13.8. The molecule has 6 rings (SSSR count). The molecule has 0 atom stereocenters. The second-order valence-electron chi connectivity index (χ2n) is 6.70. The maximum Gasteiger partial charge on any atom is 0.271 e. The second kappa shape index (κ2) is 4.79. The predicted octanol–water partition coefficient (Wildman–Crippen LogP) is 3.23. The van der Waals surface area contributed by atoms with Crippen molar-refractivity contribution in [3.8, 4) is 17.2 Å². The van der Waals surface area contributed by atoms with Crippen molar-refractivity contribution in [2.75, 3.05) is 0 Å². The Balaban J connectivity index is 1.87. The minimum absolute atomic E-state index is 0.832. The zero-order valence-electron chi connectivity index (χ0n) is 14.3. The summed E-state index contributed by atoms with van der Waals surface area (Å²) in [6, 6.07) is 18.8. The first-order valence-electron chi connectivity index (χ1n) is 8.72. The Labute approximate surface area is 149 Å². The predicted molar refractivity (Wildman–Crippen MR) is 100 cm³/mol. The van der Waals surface area contributed by atoms with Crippen LogP contribution in [-0.2, 0) is 13.6 Å². The van der Waals surface area contributed by atoms with E-state index in [0.29, 0.717) is 0 Å². The number of aromatic nitrogens is 5. The normalized spacial score (nSPS) is 12.7. The molecule has 0 spiro atoms. The topological polar surface area (TPSA) is 39.5 Å². The van der Waals surface area contributed by atoms with Crippen LogP contribution in [0.4, 0.5) is 0 Å². The maximum absolute atomic E-state index is 4.70. The zero-order chi connectivity index (χ0) is 17.3. The van der Waals surface area contributed by atoms with Crippen molar-refractivity contribution < 1.29 is 4.57 Å². The van der Waals surface area contributed by atoms with Crippen LogP contribution in [0.5, 0.6) is 0 Å². The van der Waals surface area contributed by atoms with Gasteiger partial charge in [-0.1, -0.05) is 24.3 Å². The third kappa shape index (κ3) is 1.57. The third-order valence-electron chi connectivity index (χ3n) is 5.28. The fraction of sp³-hybridized carbons (Fsp3) is 0.0952. The van der Waals surface area contributed by atoms with Crippen molar-refractivity contribution >= 4 is 22.2 Å². The summed E-state index contributed by atoms with van der Waals surface area (Å²) in [5.74, 6) is 1.14. The van der Waals surface area contributed by atoms with Crippen LogP contribution < -0.4 is 4.57 Å². The van der Waals surface area contributed by atoms with E-state index in [4.69, 9.17) is 4.98 Å². The van der Waals surface area contributed by atoms with E-state index in [2.05, 4.69) is 68.2 Å². The summed E-state index contributed by atoms with van der Waals surface area (Å²) in [7, 11) is 2.09. The van der Waals surface area contributed by atoms with Crippen LogP contribution in [0.1, 0.15) is 5.56 Å². The van der Waals surface area contributed by atoms with Gasteiger partial charge in [0.15, 0.2) is 5.52 Å². The third-order valence-corrected chi connectivity index (χ3v) is 5.28. The van der Waals surface area contributed by atoms with Crippen LogP contribution in [0.3, 0.4) is 0 Å². The molecule has 124 valence electrons. The van der Waals surface area contributed by atoms with Gasteiger partial charge >= 0.3 is 0 Å². The number of hydrogen-bond acceptors (Lipinski definition) is 2. The van der Waals surface area contributed by atoms with E-state index in [-0.39, 0.29) is 0 Å². The maximum atomic E-state index is 4.70. The van der Waals surface area contributed by atoms with E-state index in [0.717, 1.165) is 34.8 Å². The molecule has 0 N–H and O–H groups in total. The smallest absolute Gasteiger partial charge is 0.249 e. The highest BCUT2D eigenvalue weighted by atomic mass is 15.3. The lowest BCUT2D eigenvalue weighted by Crippen LogP contribution is -2.33. The minimum Gasteiger partial charge on any atom is -0.249 e. The minimum atomic E-state index is 0.832. The Hall–Kier alpha value is -3.47. The summed E-state index contributed by atoms with van der Waals surface area (Å²) in [4.78, 5) is 9.33. The van der Waals surface area contributed by atoms with Gasteiger partial charge in [0.2, 0.25) is 5.65 Å². The zero-order valence-corrected chi connectivity index (χ0v) is 14.3. The molecule has 1 aliphatic rings. The van der Waals surface area contributed by atoms with Crippen LogP contribution in [0.2, 0.25) is 0 Å². The fourth-order valence-electron chi connectivity index (χ4n) is 4.23. The molecule has 0 bridgehead atoms. The van der Waals surface area contributed by atoms with E-state index < -0.39 is 0 Å². The standard InChI is InChI=1S/C21H16N5/c1-24-19-16(10-6-12-23-19)18-21(24)25-13-14-7-5-11-22-17(14)20(25)26(18)15-8-3-2-4-9-15/h2-12H,13H2,1H3/q+1. The van der Waals surface area contributed by atoms with E-state index >= 15 is 0 Å². The highest BCUT2D eigenvalue weighted by molar-refractivity contribution is 6.04. The molecule has 0 fully saturated rings. The van der Waals surface area contributed by atoms with E-state index in [1.807, 2.05) is 24.5 Å². The lowest BCUT2D eigenvalue weighted by molar-refractivity contribution is -0.648. The molecule has 0 saturated heterocycles. The average Bonchev–Trinajstić information content (AvgIpc) is 3.31. The molecule has 5 heteroatoms. The first-order valence-corrected chi connectivity index (χ1v) is 8.72. The molecule has 0 radical (unpaired) electrons. The molecule has 0 aliphatic carbocycles. The van der Waals surface area contributed by atoms with Gasteiger partial charge in [0.25, 0.3) is 11.5 Å². The van der Waals surface area contributed by atoms with Gasteiger partial charge in [0.1, 0.15) is 11.4 Å². The van der Waals surface area contributed by atoms with Gasteiger partial charge in [-0.15, -0.1) is 0 Å². The van der Waals surface area contributed by atoms with Gasteiger partial charge < -0.3 is 0 Å². The summed E-state index contributed by atoms with van der Waals surface area (Å²) in [5.41, 5.74) is 6.82. The molecule has 5 aromatic rings. The summed E-state index contributed by atoms with van der Waals surface area (Å²) < 4.78 is 6.89. The van der Waals surface area contributed by atoms with Crippen LogP contribution in [0.15, 0.2) is 67.0 Å². The number of pyridine rings is 2. The van der Waals surface area contributed by atoms with Crippen molar-refractivity contribution in [2.24, 2.45) is 7.05 Å². The van der Waals surface area contributed by atoms with Gasteiger partial charge in [0.05, 0.1) is 19.0 Å². The molecule has 0 saturated carbocycles. The Kier molecular flexibility index (Phi) is 2.54. The van der Waals surface area contributed by atoms with Crippen molar-refractivity contribution in [1.29, 1.82) is 0 Å². The van der Waals surface area contributed by atoms with Crippen molar-refractivity contribution in [3.05, 3.63) is 72.6 Å². The fourth-order valence-corrected chi connectivity index (χ4v) is 4.23. The number of imidazole rings is 1. The monoisotopic (exact) mass is 338 g/mol. The number of hydrogen-bond donors (Lipinski definition) is 0. The molecule has 5 nitrogen and oxygen atoms in total. The van der Waals surface area contributed by atoms with Crippen LogP contribution in [-0.4, -0.2) is 19.1 Å². The molecule has 5 heterocycles. The number of aryl methyl sites for hydroxylation is 1. The number of benzene rings is 1. The molecule has 1 aromatic carbocycles. The number of nitrogens with zero attached hydrogens (tertiary/aromatic N) is 5. The van der Waals surface area contributed by atoms with E-state index in [1.165, 1.54) is 16.7 Å². The molecular formula is C21H16N5+. The highest BCUT2D eigenvalue weighted by Crippen LogP contribution is 2.36. The van der Waals surface area contributed by atoms with Gasteiger partial charge in [0, 0.05) is 18.0 Å². The Bertz CT molecular complexity index is 1310. The van der Waals surface area contributed by atoms with Gasteiger partial charge in [-0.3, -0.25) is 0 Å². The van der Waals surface area contributed by atoms with Gasteiger partial charge in [-0.2, -0.15) is 0 Å². The van der Waals surface area contributed by atoms with Crippen LogP contribution in [0.25, 0.3) is 39.4 Å². The van der Waals surface area contributed by atoms with Crippen molar-refractivity contribution in [1.82, 2.24) is 19.1 Å². The first-order chi connectivity index (χ1) is 12.8. The quantitative estimate of drug-likeness (QED) is 0.432. The molecule has 0 amide bonds. The molecule has 1 aliphatic heterocycles.